The Morgan fingerprint density at radius 3 is 2.44 bits per heavy atom. The molecule has 2 aromatic carbocycles. The fourth-order valence-corrected chi connectivity index (χ4v) is 2.94. The molecule has 3 aromatic rings. The van der Waals surface area contributed by atoms with Gasteiger partial charge in [-0.2, -0.15) is 5.10 Å². The van der Waals surface area contributed by atoms with Crippen LogP contribution in [0.15, 0.2) is 55.1 Å². The average Bonchev–Trinajstić information content (AvgIpc) is 3.20. The van der Waals surface area contributed by atoms with Crippen LogP contribution < -0.4 is 11.1 Å². The van der Waals surface area contributed by atoms with E-state index in [4.69, 9.17) is 5.73 Å². The summed E-state index contributed by atoms with van der Waals surface area (Å²) in [7, 11) is 0. The number of nitrogens with zero attached hydrogens (tertiary/aromatic N) is 3. The Kier molecular flexibility index (Phi) is 5.66. The minimum absolute atomic E-state index is 0.141. The first-order valence-corrected chi connectivity index (χ1v) is 9.05. The van der Waals surface area contributed by atoms with Crippen molar-refractivity contribution < 1.29 is 4.79 Å². The summed E-state index contributed by atoms with van der Waals surface area (Å²) in [6.45, 7) is 6.64. The van der Waals surface area contributed by atoms with Crippen LogP contribution in [0.5, 0.6) is 0 Å². The fraction of sp³-hybridized carbons (Fsp3) is 0.286. The maximum Gasteiger partial charge on any atom is 0.251 e. The molecule has 1 atom stereocenters. The standard InChI is InChI=1S/C21H25N5O/c1-14(2)16-4-6-17(7-5-16)19(22)11-24-21(27)18-8-9-20(15(3)10-18)26-13-23-12-25-26/h4-10,12-14,19H,11,22H2,1-3H3,(H,24,27). The zero-order valence-electron chi connectivity index (χ0n) is 15.9. The molecule has 0 aliphatic rings. The molecule has 27 heavy (non-hydrogen) atoms. The van der Waals surface area contributed by atoms with Gasteiger partial charge in [0.1, 0.15) is 12.7 Å². The van der Waals surface area contributed by atoms with Gasteiger partial charge in [0, 0.05) is 18.2 Å². The van der Waals surface area contributed by atoms with E-state index in [9.17, 15) is 4.79 Å². The van der Waals surface area contributed by atoms with E-state index in [1.807, 2.05) is 31.2 Å². The maximum atomic E-state index is 12.5. The summed E-state index contributed by atoms with van der Waals surface area (Å²) in [5.74, 6) is 0.344. The van der Waals surface area contributed by atoms with Gasteiger partial charge in [-0.1, -0.05) is 38.1 Å². The van der Waals surface area contributed by atoms with Gasteiger partial charge in [0.15, 0.2) is 0 Å². The normalized spacial score (nSPS) is 12.2. The number of aromatic nitrogens is 3. The molecule has 0 fully saturated rings. The van der Waals surface area contributed by atoms with Crippen molar-refractivity contribution in [1.29, 1.82) is 0 Å². The molecule has 1 aromatic heterocycles. The van der Waals surface area contributed by atoms with Crippen LogP contribution in [-0.2, 0) is 0 Å². The highest BCUT2D eigenvalue weighted by atomic mass is 16.1. The SMILES string of the molecule is Cc1cc(C(=O)NCC(N)c2ccc(C(C)C)cc2)ccc1-n1cncn1. The van der Waals surface area contributed by atoms with E-state index in [0.717, 1.165) is 16.8 Å². The quantitative estimate of drug-likeness (QED) is 0.704. The van der Waals surface area contributed by atoms with Crippen molar-refractivity contribution >= 4 is 5.91 Å². The summed E-state index contributed by atoms with van der Waals surface area (Å²) in [6, 6.07) is 13.5. The summed E-state index contributed by atoms with van der Waals surface area (Å²) < 4.78 is 1.67. The lowest BCUT2D eigenvalue weighted by Crippen LogP contribution is -2.32. The van der Waals surface area contributed by atoms with Crippen LogP contribution in [0.2, 0.25) is 0 Å². The van der Waals surface area contributed by atoms with Gasteiger partial charge in [-0.05, 0) is 47.7 Å². The molecule has 6 nitrogen and oxygen atoms in total. The number of carbonyl (C=O) groups excluding carboxylic acids is 1. The highest BCUT2D eigenvalue weighted by Gasteiger charge is 2.12. The predicted molar refractivity (Wildman–Crippen MR) is 106 cm³/mol. The summed E-state index contributed by atoms with van der Waals surface area (Å²) in [5.41, 5.74) is 11.0. The second kappa shape index (κ2) is 8.14. The fourth-order valence-electron chi connectivity index (χ4n) is 2.94. The van der Waals surface area contributed by atoms with E-state index in [2.05, 4.69) is 41.4 Å². The molecule has 0 aliphatic carbocycles. The predicted octanol–water partition coefficient (Wildman–Crippen LogP) is 3.13. The first-order chi connectivity index (χ1) is 13.0. The van der Waals surface area contributed by atoms with E-state index in [1.165, 1.54) is 11.9 Å². The number of hydrogen-bond acceptors (Lipinski definition) is 4. The smallest absolute Gasteiger partial charge is 0.251 e. The average molecular weight is 363 g/mol. The molecule has 0 bridgehead atoms. The molecule has 3 rings (SSSR count). The minimum Gasteiger partial charge on any atom is -0.350 e. The molecule has 3 N–H and O–H groups in total. The Bertz CT molecular complexity index is 901. The molecular weight excluding hydrogens is 338 g/mol. The number of benzene rings is 2. The number of amides is 1. The highest BCUT2D eigenvalue weighted by Crippen LogP contribution is 2.18. The third-order valence-electron chi connectivity index (χ3n) is 4.64. The largest absolute Gasteiger partial charge is 0.350 e. The van der Waals surface area contributed by atoms with Gasteiger partial charge in [0.25, 0.3) is 5.91 Å². The van der Waals surface area contributed by atoms with Crippen LogP contribution in [0.1, 0.15) is 52.9 Å². The van der Waals surface area contributed by atoms with Crippen molar-refractivity contribution in [3.05, 3.63) is 77.4 Å². The van der Waals surface area contributed by atoms with E-state index in [1.54, 1.807) is 17.1 Å². The van der Waals surface area contributed by atoms with Crippen LogP contribution in [0.4, 0.5) is 0 Å². The Balaban J connectivity index is 1.62. The number of aryl methyl sites for hydroxylation is 1. The van der Waals surface area contributed by atoms with Gasteiger partial charge >= 0.3 is 0 Å². The lowest BCUT2D eigenvalue weighted by Gasteiger charge is -2.15. The zero-order valence-corrected chi connectivity index (χ0v) is 15.9. The van der Waals surface area contributed by atoms with Crippen LogP contribution in [0.25, 0.3) is 5.69 Å². The molecule has 0 saturated heterocycles. The molecule has 140 valence electrons. The summed E-state index contributed by atoms with van der Waals surface area (Å²) in [6.07, 6.45) is 3.11. The van der Waals surface area contributed by atoms with Crippen LogP contribution in [0.3, 0.4) is 0 Å². The Morgan fingerprint density at radius 1 is 1.15 bits per heavy atom. The van der Waals surface area contributed by atoms with Crippen molar-refractivity contribution in [3.8, 4) is 5.69 Å². The Labute approximate surface area is 159 Å². The summed E-state index contributed by atoms with van der Waals surface area (Å²) in [5, 5.41) is 7.04. The molecule has 0 spiro atoms. The number of nitrogens with one attached hydrogen (secondary N) is 1. The highest BCUT2D eigenvalue weighted by molar-refractivity contribution is 5.94. The van der Waals surface area contributed by atoms with Crippen LogP contribution >= 0.6 is 0 Å². The van der Waals surface area contributed by atoms with Gasteiger partial charge in [-0.15, -0.1) is 0 Å². The van der Waals surface area contributed by atoms with Crippen LogP contribution in [0, 0.1) is 6.92 Å². The lowest BCUT2D eigenvalue weighted by atomic mass is 9.99. The van der Waals surface area contributed by atoms with Gasteiger partial charge in [-0.3, -0.25) is 4.79 Å². The molecule has 1 heterocycles. The summed E-state index contributed by atoms with van der Waals surface area (Å²) >= 11 is 0. The summed E-state index contributed by atoms with van der Waals surface area (Å²) in [4.78, 5) is 16.4. The topological polar surface area (TPSA) is 85.8 Å². The van der Waals surface area contributed by atoms with Gasteiger partial charge in [0.2, 0.25) is 0 Å². The van der Waals surface area contributed by atoms with Gasteiger partial charge < -0.3 is 11.1 Å². The first kappa shape index (κ1) is 18.8. The van der Waals surface area contributed by atoms with E-state index in [0.29, 0.717) is 18.0 Å². The molecule has 0 saturated carbocycles. The molecule has 0 aliphatic heterocycles. The third-order valence-corrected chi connectivity index (χ3v) is 4.64. The molecular formula is C21H25N5O. The number of carbonyl (C=O) groups is 1. The van der Waals surface area contributed by atoms with Crippen molar-refractivity contribution in [1.82, 2.24) is 20.1 Å². The van der Waals surface area contributed by atoms with Crippen molar-refractivity contribution in [2.75, 3.05) is 6.54 Å². The maximum absolute atomic E-state index is 12.5. The van der Waals surface area contributed by atoms with E-state index < -0.39 is 0 Å². The molecule has 6 heteroatoms. The molecule has 1 unspecified atom stereocenters. The number of rotatable bonds is 6. The van der Waals surface area contributed by atoms with E-state index >= 15 is 0 Å². The second-order valence-corrected chi connectivity index (χ2v) is 6.98. The monoisotopic (exact) mass is 363 g/mol. The number of nitrogens with two attached hydrogens (primary N) is 1. The van der Waals surface area contributed by atoms with Gasteiger partial charge in [0.05, 0.1) is 5.69 Å². The zero-order chi connectivity index (χ0) is 19.4. The van der Waals surface area contributed by atoms with Crippen molar-refractivity contribution in [3.63, 3.8) is 0 Å². The Hall–Kier alpha value is -2.99. The first-order valence-electron chi connectivity index (χ1n) is 9.05. The number of hydrogen-bond donors (Lipinski definition) is 2. The lowest BCUT2D eigenvalue weighted by molar-refractivity contribution is 0.0951. The van der Waals surface area contributed by atoms with Crippen molar-refractivity contribution in [2.24, 2.45) is 5.73 Å². The van der Waals surface area contributed by atoms with Crippen LogP contribution in [-0.4, -0.2) is 27.2 Å². The van der Waals surface area contributed by atoms with Gasteiger partial charge in [-0.25, -0.2) is 9.67 Å². The minimum atomic E-state index is -0.245. The Morgan fingerprint density at radius 2 is 1.85 bits per heavy atom. The van der Waals surface area contributed by atoms with E-state index in [-0.39, 0.29) is 11.9 Å². The molecule has 0 radical (unpaired) electrons. The molecule has 1 amide bonds. The second-order valence-electron chi connectivity index (χ2n) is 6.98. The third kappa shape index (κ3) is 4.41. The van der Waals surface area contributed by atoms with Crippen molar-refractivity contribution in [2.45, 2.75) is 32.7 Å².